The van der Waals surface area contributed by atoms with Gasteiger partial charge < -0.3 is 14.4 Å². The second-order valence-corrected chi connectivity index (χ2v) is 6.40. The van der Waals surface area contributed by atoms with Crippen molar-refractivity contribution in [1.29, 1.82) is 0 Å². The molecule has 8 nitrogen and oxygen atoms in total. The number of benzene rings is 2. The van der Waals surface area contributed by atoms with Crippen LogP contribution in [0.15, 0.2) is 66.9 Å². The van der Waals surface area contributed by atoms with Crippen molar-refractivity contribution < 1.29 is 19.2 Å². The zero-order valence-corrected chi connectivity index (χ0v) is 15.4. The number of hydrogen-bond acceptors (Lipinski definition) is 6. The number of fused-ring (bicyclic) bond motifs is 1. The number of hydrogen-bond donors (Lipinski definition) is 0. The zero-order chi connectivity index (χ0) is 20.2. The topological polar surface area (TPSA) is 94.8 Å². The highest BCUT2D eigenvalue weighted by atomic mass is 16.6. The van der Waals surface area contributed by atoms with Crippen LogP contribution in [0.5, 0.6) is 17.4 Å². The fourth-order valence-corrected chi connectivity index (χ4v) is 3.10. The predicted octanol–water partition coefficient (Wildman–Crippen LogP) is 3.75. The fourth-order valence-electron chi connectivity index (χ4n) is 3.10. The van der Waals surface area contributed by atoms with Gasteiger partial charge in [-0.3, -0.25) is 14.9 Å². The zero-order valence-electron chi connectivity index (χ0n) is 15.4. The second kappa shape index (κ2) is 7.97. The minimum absolute atomic E-state index is 0.0344. The van der Waals surface area contributed by atoms with Gasteiger partial charge in [0, 0.05) is 30.9 Å². The van der Waals surface area contributed by atoms with Crippen molar-refractivity contribution in [1.82, 2.24) is 4.98 Å². The molecule has 0 aliphatic carbocycles. The first-order valence-electron chi connectivity index (χ1n) is 8.99. The van der Waals surface area contributed by atoms with Gasteiger partial charge in [-0.1, -0.05) is 12.1 Å². The molecule has 1 aromatic heterocycles. The number of amides is 1. The Morgan fingerprint density at radius 1 is 1.10 bits per heavy atom. The monoisotopic (exact) mass is 391 g/mol. The molecule has 1 aliphatic rings. The molecule has 2 heterocycles. The number of carbonyl (C=O) groups excluding carboxylic acids is 1. The van der Waals surface area contributed by atoms with Crippen LogP contribution in [-0.4, -0.2) is 29.0 Å². The molecule has 0 fully saturated rings. The Morgan fingerprint density at radius 2 is 1.90 bits per heavy atom. The highest BCUT2D eigenvalue weighted by Gasteiger charge is 2.26. The minimum Gasteiger partial charge on any atom is -0.484 e. The Bertz CT molecular complexity index is 1040. The summed E-state index contributed by atoms with van der Waals surface area (Å²) in [4.78, 5) is 28.7. The summed E-state index contributed by atoms with van der Waals surface area (Å²) >= 11 is 0. The number of aromatic nitrogens is 1. The molecule has 2 aromatic carbocycles. The highest BCUT2D eigenvalue weighted by molar-refractivity contribution is 5.96. The molecular weight excluding hydrogens is 374 g/mol. The molecule has 0 bridgehead atoms. The Kier molecular flexibility index (Phi) is 5.07. The number of nitro groups is 1. The van der Waals surface area contributed by atoms with Crippen molar-refractivity contribution in [3.63, 3.8) is 0 Å². The highest BCUT2D eigenvalue weighted by Crippen LogP contribution is 2.32. The molecule has 4 rings (SSSR count). The number of rotatable bonds is 6. The smallest absolute Gasteiger partial charge is 0.271 e. The maximum absolute atomic E-state index is 12.6. The van der Waals surface area contributed by atoms with E-state index in [1.807, 2.05) is 6.07 Å². The molecule has 0 spiro atoms. The molecule has 146 valence electrons. The lowest BCUT2D eigenvalue weighted by atomic mass is 10.1. The third-order valence-corrected chi connectivity index (χ3v) is 4.52. The first-order valence-corrected chi connectivity index (χ1v) is 8.99. The van der Waals surface area contributed by atoms with Gasteiger partial charge in [-0.25, -0.2) is 4.98 Å². The minimum atomic E-state index is -0.466. The van der Waals surface area contributed by atoms with Gasteiger partial charge in [0.15, 0.2) is 6.61 Å². The van der Waals surface area contributed by atoms with Crippen LogP contribution in [0.2, 0.25) is 0 Å². The molecule has 1 aliphatic heterocycles. The normalized spacial score (nSPS) is 12.3. The lowest BCUT2D eigenvalue weighted by Crippen LogP contribution is -2.33. The molecule has 0 saturated carbocycles. The third-order valence-electron chi connectivity index (χ3n) is 4.52. The van der Waals surface area contributed by atoms with Crippen molar-refractivity contribution in [3.8, 4) is 17.4 Å². The second-order valence-electron chi connectivity index (χ2n) is 6.40. The van der Waals surface area contributed by atoms with E-state index in [0.29, 0.717) is 36.0 Å². The van der Waals surface area contributed by atoms with Crippen molar-refractivity contribution in [2.24, 2.45) is 0 Å². The number of nitrogens with zero attached hydrogens (tertiary/aromatic N) is 3. The van der Waals surface area contributed by atoms with Crippen molar-refractivity contribution >= 4 is 17.3 Å². The number of nitro benzene ring substituents is 1. The maximum Gasteiger partial charge on any atom is 0.271 e. The molecule has 3 aromatic rings. The molecule has 0 saturated heterocycles. The summed E-state index contributed by atoms with van der Waals surface area (Å²) in [6, 6.07) is 16.8. The summed E-state index contributed by atoms with van der Waals surface area (Å²) in [5, 5.41) is 11.0. The van der Waals surface area contributed by atoms with Crippen LogP contribution >= 0.6 is 0 Å². The lowest BCUT2D eigenvalue weighted by Gasteiger charge is -2.17. The van der Waals surface area contributed by atoms with Crippen molar-refractivity contribution in [2.75, 3.05) is 18.1 Å². The van der Waals surface area contributed by atoms with E-state index in [9.17, 15) is 14.9 Å². The largest absolute Gasteiger partial charge is 0.484 e. The van der Waals surface area contributed by atoms with Gasteiger partial charge in [0.2, 0.25) is 5.88 Å². The van der Waals surface area contributed by atoms with Crippen molar-refractivity contribution in [2.45, 2.75) is 6.42 Å². The molecule has 0 radical (unpaired) electrons. The average Bonchev–Trinajstić information content (AvgIpc) is 3.17. The van der Waals surface area contributed by atoms with Gasteiger partial charge in [-0.15, -0.1) is 0 Å². The van der Waals surface area contributed by atoms with E-state index in [-0.39, 0.29) is 18.2 Å². The van der Waals surface area contributed by atoms with Crippen LogP contribution in [0.1, 0.15) is 5.56 Å². The molecule has 1 amide bonds. The maximum atomic E-state index is 12.6. The van der Waals surface area contributed by atoms with E-state index >= 15 is 0 Å². The average molecular weight is 391 g/mol. The summed E-state index contributed by atoms with van der Waals surface area (Å²) < 4.78 is 11.2. The van der Waals surface area contributed by atoms with E-state index in [4.69, 9.17) is 9.47 Å². The molecule has 0 unspecified atom stereocenters. The van der Waals surface area contributed by atoms with E-state index in [1.54, 1.807) is 48.7 Å². The van der Waals surface area contributed by atoms with Gasteiger partial charge in [0.05, 0.1) is 10.6 Å². The summed E-state index contributed by atoms with van der Waals surface area (Å²) in [7, 11) is 0. The Morgan fingerprint density at radius 3 is 2.62 bits per heavy atom. The predicted molar refractivity (Wildman–Crippen MR) is 105 cm³/mol. The molecule has 0 N–H and O–H groups in total. The molecule has 29 heavy (non-hydrogen) atoms. The van der Waals surface area contributed by atoms with Crippen LogP contribution in [0.3, 0.4) is 0 Å². The molecule has 0 atom stereocenters. The van der Waals surface area contributed by atoms with Crippen LogP contribution < -0.4 is 14.4 Å². The molecular formula is C21H17N3O5. The number of non-ortho nitro benzene ring substituents is 1. The van der Waals surface area contributed by atoms with Crippen LogP contribution in [0, 0.1) is 10.1 Å². The molecule has 8 heteroatoms. The standard InChI is InChI=1S/C21H17N3O5/c25-21(23-12-10-15-4-5-16(24(26)27)13-19(15)23)14-28-17-6-8-18(9-7-17)29-20-3-1-2-11-22-20/h1-9,11,13H,10,12,14H2. The SMILES string of the molecule is O=C(COc1ccc(Oc2ccccn2)cc1)N1CCc2ccc([N+](=O)[O-])cc21. The number of pyridine rings is 1. The van der Waals surface area contributed by atoms with E-state index in [2.05, 4.69) is 4.98 Å². The third kappa shape index (κ3) is 4.16. The van der Waals surface area contributed by atoms with Crippen LogP contribution in [0.4, 0.5) is 11.4 Å². The number of ether oxygens (including phenoxy) is 2. The van der Waals surface area contributed by atoms with Gasteiger partial charge in [-0.2, -0.15) is 0 Å². The van der Waals surface area contributed by atoms with E-state index in [0.717, 1.165) is 5.56 Å². The number of anilines is 1. The quantitative estimate of drug-likeness (QED) is 0.469. The van der Waals surface area contributed by atoms with E-state index < -0.39 is 4.92 Å². The lowest BCUT2D eigenvalue weighted by molar-refractivity contribution is -0.384. The summed E-state index contributed by atoms with van der Waals surface area (Å²) in [5.41, 5.74) is 1.46. The van der Waals surface area contributed by atoms with Gasteiger partial charge in [-0.05, 0) is 42.3 Å². The summed E-state index contributed by atoms with van der Waals surface area (Å²) in [6.07, 6.45) is 2.31. The van der Waals surface area contributed by atoms with Gasteiger partial charge in [0.1, 0.15) is 11.5 Å². The number of carbonyl (C=O) groups is 1. The Hall–Kier alpha value is -3.94. The summed E-state index contributed by atoms with van der Waals surface area (Å²) in [6.45, 7) is 0.318. The van der Waals surface area contributed by atoms with Crippen molar-refractivity contribution in [3.05, 3.63) is 82.5 Å². The van der Waals surface area contributed by atoms with Gasteiger partial charge >= 0.3 is 0 Å². The van der Waals surface area contributed by atoms with Crippen LogP contribution in [0.25, 0.3) is 0 Å². The summed E-state index contributed by atoms with van der Waals surface area (Å²) in [5.74, 6) is 1.35. The Labute approximate surface area is 166 Å². The first-order chi connectivity index (χ1) is 14.1. The Balaban J connectivity index is 1.37. The fraction of sp³-hybridized carbons (Fsp3) is 0.143. The van der Waals surface area contributed by atoms with Gasteiger partial charge in [0.25, 0.3) is 11.6 Å². The first kappa shape index (κ1) is 18.4. The van der Waals surface area contributed by atoms with E-state index in [1.165, 1.54) is 17.0 Å². The van der Waals surface area contributed by atoms with Crippen LogP contribution in [-0.2, 0) is 11.2 Å².